The molecule has 0 fully saturated rings. The summed E-state index contributed by atoms with van der Waals surface area (Å²) in [6.45, 7) is 1.77. The molecule has 0 aliphatic heterocycles. The van der Waals surface area contributed by atoms with E-state index in [9.17, 15) is 4.79 Å². The van der Waals surface area contributed by atoms with Crippen molar-refractivity contribution in [1.29, 1.82) is 5.26 Å². The number of halogens is 1. The first-order valence-corrected chi connectivity index (χ1v) is 5.54. The number of carbonyl (C=O) groups excluding carboxylic acids is 1. The predicted molar refractivity (Wildman–Crippen MR) is 67.6 cm³/mol. The minimum absolute atomic E-state index is 0.221. The normalized spacial score (nSPS) is 9.83. The molecule has 4 nitrogen and oxygen atoms in total. The standard InChI is InChI=1S/C13H9ClN2O2/c1-8-4-5-18-12(8)13(17)16-11-6-10(14)3-2-9(11)7-15/h2-6H,1H3,(H,16,17). The van der Waals surface area contributed by atoms with Crippen LogP contribution in [0.5, 0.6) is 0 Å². The molecule has 1 aromatic heterocycles. The fraction of sp³-hybridized carbons (Fsp3) is 0.0769. The van der Waals surface area contributed by atoms with Gasteiger partial charge in [0.1, 0.15) is 6.07 Å². The summed E-state index contributed by atoms with van der Waals surface area (Å²) in [7, 11) is 0. The molecule has 0 aliphatic carbocycles. The SMILES string of the molecule is Cc1ccoc1C(=O)Nc1cc(Cl)ccc1C#N. The lowest BCUT2D eigenvalue weighted by atomic mass is 10.2. The zero-order chi connectivity index (χ0) is 13.1. The first-order valence-electron chi connectivity index (χ1n) is 5.17. The van der Waals surface area contributed by atoms with Gasteiger partial charge in [0.05, 0.1) is 17.5 Å². The Hall–Kier alpha value is -2.25. The highest BCUT2D eigenvalue weighted by molar-refractivity contribution is 6.31. The Morgan fingerprint density at radius 1 is 1.44 bits per heavy atom. The second-order valence-electron chi connectivity index (χ2n) is 3.69. The summed E-state index contributed by atoms with van der Waals surface area (Å²) in [5, 5.41) is 12.0. The van der Waals surface area contributed by atoms with Gasteiger partial charge in [-0.1, -0.05) is 11.6 Å². The van der Waals surface area contributed by atoms with Crippen molar-refractivity contribution in [3.05, 3.63) is 52.4 Å². The molecule has 1 heterocycles. The smallest absolute Gasteiger partial charge is 0.291 e. The van der Waals surface area contributed by atoms with E-state index in [-0.39, 0.29) is 5.76 Å². The van der Waals surface area contributed by atoms with E-state index in [4.69, 9.17) is 21.3 Å². The number of nitriles is 1. The Bertz CT molecular complexity index is 641. The lowest BCUT2D eigenvalue weighted by Crippen LogP contribution is -2.13. The number of nitrogens with zero attached hydrogens (tertiary/aromatic N) is 1. The number of nitrogens with one attached hydrogen (secondary N) is 1. The molecule has 0 atom stereocenters. The van der Waals surface area contributed by atoms with Crippen LogP contribution in [0.25, 0.3) is 0 Å². The molecule has 1 N–H and O–H groups in total. The zero-order valence-corrected chi connectivity index (χ0v) is 10.3. The lowest BCUT2D eigenvalue weighted by molar-refractivity contribution is 0.0996. The number of benzene rings is 1. The predicted octanol–water partition coefficient (Wildman–Crippen LogP) is 3.37. The Balaban J connectivity index is 2.30. The number of furan rings is 1. The molecule has 18 heavy (non-hydrogen) atoms. The van der Waals surface area contributed by atoms with E-state index in [0.29, 0.717) is 16.3 Å². The number of anilines is 1. The van der Waals surface area contributed by atoms with Gasteiger partial charge in [0.15, 0.2) is 5.76 Å². The molecule has 1 amide bonds. The van der Waals surface area contributed by atoms with Crippen LogP contribution in [0, 0.1) is 18.3 Å². The highest BCUT2D eigenvalue weighted by Crippen LogP contribution is 2.21. The van der Waals surface area contributed by atoms with Crippen molar-refractivity contribution in [3.8, 4) is 6.07 Å². The van der Waals surface area contributed by atoms with E-state index in [1.807, 2.05) is 6.07 Å². The minimum Gasteiger partial charge on any atom is -0.459 e. The van der Waals surface area contributed by atoms with Crippen molar-refractivity contribution < 1.29 is 9.21 Å². The summed E-state index contributed by atoms with van der Waals surface area (Å²) in [5.74, 6) is -0.185. The Kier molecular flexibility index (Phi) is 3.35. The highest BCUT2D eigenvalue weighted by atomic mass is 35.5. The summed E-state index contributed by atoms with van der Waals surface area (Å²) >= 11 is 5.83. The molecule has 0 saturated carbocycles. The van der Waals surface area contributed by atoms with Crippen LogP contribution in [0.1, 0.15) is 21.7 Å². The Morgan fingerprint density at radius 2 is 2.22 bits per heavy atom. The summed E-state index contributed by atoms with van der Waals surface area (Å²) in [4.78, 5) is 11.9. The van der Waals surface area contributed by atoms with Crippen LogP contribution in [-0.4, -0.2) is 5.91 Å². The second-order valence-corrected chi connectivity index (χ2v) is 4.13. The molecule has 1 aromatic carbocycles. The Labute approximate surface area is 109 Å². The summed E-state index contributed by atoms with van der Waals surface area (Å²) in [5.41, 5.74) is 1.44. The molecule has 0 unspecified atom stereocenters. The number of amides is 1. The number of hydrogen-bond acceptors (Lipinski definition) is 3. The monoisotopic (exact) mass is 260 g/mol. The van der Waals surface area contributed by atoms with Crippen LogP contribution in [0.4, 0.5) is 5.69 Å². The number of aryl methyl sites for hydroxylation is 1. The van der Waals surface area contributed by atoms with Gasteiger partial charge in [0.2, 0.25) is 0 Å². The van der Waals surface area contributed by atoms with Crippen LogP contribution in [0.3, 0.4) is 0 Å². The molecular weight excluding hydrogens is 252 g/mol. The van der Waals surface area contributed by atoms with Crippen LogP contribution in [-0.2, 0) is 0 Å². The quantitative estimate of drug-likeness (QED) is 0.900. The summed E-state index contributed by atoms with van der Waals surface area (Å²) in [6.07, 6.45) is 1.44. The number of carbonyl (C=O) groups is 1. The van der Waals surface area contributed by atoms with E-state index >= 15 is 0 Å². The summed E-state index contributed by atoms with van der Waals surface area (Å²) < 4.78 is 5.07. The molecule has 90 valence electrons. The van der Waals surface area contributed by atoms with Crippen molar-refractivity contribution in [2.45, 2.75) is 6.92 Å². The zero-order valence-electron chi connectivity index (χ0n) is 9.53. The molecule has 2 aromatic rings. The maximum atomic E-state index is 11.9. The van der Waals surface area contributed by atoms with Gasteiger partial charge in [-0.05, 0) is 31.2 Å². The first kappa shape index (κ1) is 12.2. The van der Waals surface area contributed by atoms with Gasteiger partial charge in [-0.25, -0.2) is 0 Å². The van der Waals surface area contributed by atoms with Crippen molar-refractivity contribution in [3.63, 3.8) is 0 Å². The second kappa shape index (κ2) is 4.94. The van der Waals surface area contributed by atoms with Gasteiger partial charge in [0.25, 0.3) is 5.91 Å². The van der Waals surface area contributed by atoms with Crippen LogP contribution in [0.15, 0.2) is 34.9 Å². The molecule has 0 bridgehead atoms. The van der Waals surface area contributed by atoms with Gasteiger partial charge in [0, 0.05) is 10.6 Å². The van der Waals surface area contributed by atoms with E-state index in [2.05, 4.69) is 5.32 Å². The van der Waals surface area contributed by atoms with Crippen molar-refractivity contribution in [1.82, 2.24) is 0 Å². The van der Waals surface area contributed by atoms with Gasteiger partial charge < -0.3 is 9.73 Å². The molecular formula is C13H9ClN2O2. The lowest BCUT2D eigenvalue weighted by Gasteiger charge is -2.06. The maximum Gasteiger partial charge on any atom is 0.291 e. The molecule has 0 aliphatic rings. The van der Waals surface area contributed by atoms with Gasteiger partial charge in [-0.15, -0.1) is 0 Å². The van der Waals surface area contributed by atoms with Crippen molar-refractivity contribution in [2.24, 2.45) is 0 Å². The minimum atomic E-state index is -0.406. The van der Waals surface area contributed by atoms with Gasteiger partial charge in [-0.3, -0.25) is 4.79 Å². The molecule has 0 radical (unpaired) electrons. The average molecular weight is 261 g/mol. The van der Waals surface area contributed by atoms with E-state index in [1.54, 1.807) is 25.1 Å². The van der Waals surface area contributed by atoms with E-state index in [0.717, 1.165) is 5.56 Å². The highest BCUT2D eigenvalue weighted by Gasteiger charge is 2.14. The first-order chi connectivity index (χ1) is 8.61. The van der Waals surface area contributed by atoms with E-state index < -0.39 is 5.91 Å². The van der Waals surface area contributed by atoms with Gasteiger partial charge >= 0.3 is 0 Å². The molecule has 2 rings (SSSR count). The van der Waals surface area contributed by atoms with Crippen LogP contribution >= 0.6 is 11.6 Å². The third kappa shape index (κ3) is 2.36. The van der Waals surface area contributed by atoms with Crippen molar-refractivity contribution in [2.75, 3.05) is 5.32 Å². The van der Waals surface area contributed by atoms with Crippen LogP contribution in [0.2, 0.25) is 5.02 Å². The average Bonchev–Trinajstić information content (AvgIpc) is 2.76. The van der Waals surface area contributed by atoms with E-state index in [1.165, 1.54) is 12.3 Å². The largest absolute Gasteiger partial charge is 0.459 e. The fourth-order valence-corrected chi connectivity index (χ4v) is 1.67. The van der Waals surface area contributed by atoms with Crippen molar-refractivity contribution >= 4 is 23.2 Å². The summed E-state index contributed by atoms with van der Waals surface area (Å²) in [6, 6.07) is 8.34. The third-order valence-corrected chi connectivity index (χ3v) is 2.65. The maximum absolute atomic E-state index is 11.9. The van der Waals surface area contributed by atoms with Crippen LogP contribution < -0.4 is 5.32 Å². The molecule has 0 spiro atoms. The Morgan fingerprint density at radius 3 is 2.83 bits per heavy atom. The van der Waals surface area contributed by atoms with Gasteiger partial charge in [-0.2, -0.15) is 5.26 Å². The molecule has 0 saturated heterocycles. The topological polar surface area (TPSA) is 66.0 Å². The number of hydrogen-bond donors (Lipinski definition) is 1. The number of rotatable bonds is 2. The molecule has 5 heteroatoms. The third-order valence-electron chi connectivity index (χ3n) is 2.42. The fourth-order valence-electron chi connectivity index (χ4n) is 1.50.